The molecule has 0 aromatic heterocycles. The molecular weight excluding hydrogens is 282 g/mol. The van der Waals surface area contributed by atoms with Crippen LogP contribution in [0.25, 0.3) is 6.08 Å². The third-order valence-corrected chi connectivity index (χ3v) is 3.29. The van der Waals surface area contributed by atoms with Crippen LogP contribution in [0.4, 0.5) is 4.79 Å². The Labute approximate surface area is 130 Å². The van der Waals surface area contributed by atoms with Crippen LogP contribution in [0.3, 0.4) is 0 Å². The van der Waals surface area contributed by atoms with Crippen molar-refractivity contribution < 1.29 is 19.4 Å². The van der Waals surface area contributed by atoms with E-state index >= 15 is 0 Å². The molecule has 1 heterocycles. The first-order chi connectivity index (χ1) is 10.3. The monoisotopic (exact) mass is 303 g/mol. The molecule has 0 radical (unpaired) electrons. The van der Waals surface area contributed by atoms with Gasteiger partial charge in [-0.1, -0.05) is 36.4 Å². The fourth-order valence-electron chi connectivity index (χ4n) is 2.37. The number of carboxylic acids is 1. The Bertz CT molecular complexity index is 586. The number of benzene rings is 1. The maximum atomic E-state index is 12.2. The summed E-state index contributed by atoms with van der Waals surface area (Å²) in [7, 11) is 0. The number of ether oxygens (including phenoxy) is 1. The van der Waals surface area contributed by atoms with E-state index in [0.29, 0.717) is 6.42 Å². The van der Waals surface area contributed by atoms with Gasteiger partial charge < -0.3 is 9.84 Å². The van der Waals surface area contributed by atoms with Gasteiger partial charge in [0.2, 0.25) is 0 Å². The minimum atomic E-state index is -1.01. The van der Waals surface area contributed by atoms with Crippen molar-refractivity contribution >= 4 is 18.1 Å². The maximum absolute atomic E-state index is 12.2. The summed E-state index contributed by atoms with van der Waals surface area (Å²) < 4.78 is 5.30. The van der Waals surface area contributed by atoms with E-state index in [1.54, 1.807) is 20.8 Å². The van der Waals surface area contributed by atoms with Gasteiger partial charge in [0.15, 0.2) is 0 Å². The molecule has 118 valence electrons. The zero-order chi connectivity index (χ0) is 16.3. The van der Waals surface area contributed by atoms with E-state index < -0.39 is 23.7 Å². The molecule has 0 unspecified atom stereocenters. The predicted molar refractivity (Wildman–Crippen MR) is 83.4 cm³/mol. The van der Waals surface area contributed by atoms with Crippen LogP contribution in [-0.4, -0.2) is 40.3 Å². The van der Waals surface area contributed by atoms with Gasteiger partial charge >= 0.3 is 12.1 Å². The van der Waals surface area contributed by atoms with Gasteiger partial charge in [-0.2, -0.15) is 0 Å². The standard InChI is InChI=1S/C17H21NO4/c1-17(2,3)22-16(21)18-11-13(10-14(18)15(19)20)9-12-7-5-4-6-8-12/h4-9,14H,10-11H2,1-3H3,(H,19,20)/b13-9+/t14-/m0/s1. The number of amides is 1. The highest BCUT2D eigenvalue weighted by Gasteiger charge is 2.38. The summed E-state index contributed by atoms with van der Waals surface area (Å²) in [6, 6.07) is 8.77. The molecule has 0 aliphatic carbocycles. The van der Waals surface area contributed by atoms with E-state index in [4.69, 9.17) is 4.74 Å². The van der Waals surface area contributed by atoms with Crippen molar-refractivity contribution in [2.24, 2.45) is 0 Å². The van der Waals surface area contributed by atoms with Crippen molar-refractivity contribution in [2.45, 2.75) is 38.8 Å². The number of hydrogen-bond acceptors (Lipinski definition) is 3. The first-order valence-corrected chi connectivity index (χ1v) is 7.23. The Hall–Kier alpha value is -2.30. The van der Waals surface area contributed by atoms with Crippen LogP contribution in [0.15, 0.2) is 35.9 Å². The third-order valence-electron chi connectivity index (χ3n) is 3.29. The molecule has 1 aromatic rings. The quantitative estimate of drug-likeness (QED) is 0.911. The Morgan fingerprint density at radius 2 is 1.91 bits per heavy atom. The molecule has 22 heavy (non-hydrogen) atoms. The lowest BCUT2D eigenvalue weighted by molar-refractivity contribution is -0.142. The summed E-state index contributed by atoms with van der Waals surface area (Å²) in [5.74, 6) is -1.01. The third kappa shape index (κ3) is 4.10. The molecule has 1 aliphatic rings. The van der Waals surface area contributed by atoms with Crippen LogP contribution < -0.4 is 0 Å². The van der Waals surface area contributed by atoms with E-state index in [0.717, 1.165) is 11.1 Å². The summed E-state index contributed by atoms with van der Waals surface area (Å²) >= 11 is 0. The van der Waals surface area contributed by atoms with E-state index in [1.807, 2.05) is 36.4 Å². The maximum Gasteiger partial charge on any atom is 0.411 e. The number of rotatable bonds is 2. The Balaban J connectivity index is 2.18. The van der Waals surface area contributed by atoms with Crippen molar-refractivity contribution in [3.8, 4) is 0 Å². The zero-order valence-corrected chi connectivity index (χ0v) is 13.1. The minimum Gasteiger partial charge on any atom is -0.480 e. The van der Waals surface area contributed by atoms with Crippen LogP contribution in [-0.2, 0) is 9.53 Å². The molecule has 1 saturated heterocycles. The van der Waals surface area contributed by atoms with Crippen LogP contribution >= 0.6 is 0 Å². The van der Waals surface area contributed by atoms with Gasteiger partial charge in [-0.15, -0.1) is 0 Å². The second-order valence-corrected chi connectivity index (χ2v) is 6.38. The first-order valence-electron chi connectivity index (χ1n) is 7.23. The highest BCUT2D eigenvalue weighted by Crippen LogP contribution is 2.26. The van der Waals surface area contributed by atoms with Gasteiger partial charge in [0.05, 0.1) is 0 Å². The molecule has 1 atom stereocenters. The Morgan fingerprint density at radius 1 is 1.27 bits per heavy atom. The molecule has 0 saturated carbocycles. The number of carboxylic acid groups (broad SMARTS) is 1. The lowest BCUT2D eigenvalue weighted by Crippen LogP contribution is -2.43. The summed E-state index contributed by atoms with van der Waals surface area (Å²) in [5, 5.41) is 9.34. The van der Waals surface area contributed by atoms with Crippen molar-refractivity contribution in [1.82, 2.24) is 4.90 Å². The van der Waals surface area contributed by atoms with Crippen molar-refractivity contribution in [3.63, 3.8) is 0 Å². The molecule has 1 N–H and O–H groups in total. The van der Waals surface area contributed by atoms with Gasteiger partial charge in [0.1, 0.15) is 11.6 Å². The summed E-state index contributed by atoms with van der Waals surface area (Å²) in [5.41, 5.74) is 1.25. The zero-order valence-electron chi connectivity index (χ0n) is 13.1. The molecule has 1 fully saturated rings. The molecule has 0 spiro atoms. The van der Waals surface area contributed by atoms with E-state index in [1.165, 1.54) is 4.90 Å². The lowest BCUT2D eigenvalue weighted by atomic mass is 10.1. The number of hydrogen-bond donors (Lipinski definition) is 1. The summed E-state index contributed by atoms with van der Waals surface area (Å²) in [6.45, 7) is 5.56. The molecule has 5 heteroatoms. The fourth-order valence-corrected chi connectivity index (χ4v) is 2.37. The fraction of sp³-hybridized carbons (Fsp3) is 0.412. The van der Waals surface area contributed by atoms with Crippen molar-refractivity contribution in [2.75, 3.05) is 6.54 Å². The van der Waals surface area contributed by atoms with Crippen molar-refractivity contribution in [1.29, 1.82) is 0 Å². The number of nitrogens with zero attached hydrogens (tertiary/aromatic N) is 1. The number of aliphatic carboxylic acids is 1. The molecule has 2 rings (SSSR count). The predicted octanol–water partition coefficient (Wildman–Crippen LogP) is 3.16. The smallest absolute Gasteiger partial charge is 0.411 e. The SMILES string of the molecule is CC(C)(C)OC(=O)N1C/C(=C/c2ccccc2)C[C@H]1C(=O)O. The molecule has 1 aromatic carbocycles. The highest BCUT2D eigenvalue weighted by molar-refractivity contribution is 5.82. The number of carbonyl (C=O) groups is 2. The first kappa shape index (κ1) is 16.1. The van der Waals surface area contributed by atoms with Gasteiger partial charge in [-0.3, -0.25) is 4.90 Å². The van der Waals surface area contributed by atoms with Crippen molar-refractivity contribution in [3.05, 3.63) is 41.5 Å². The number of likely N-dealkylation sites (tertiary alicyclic amines) is 1. The topological polar surface area (TPSA) is 66.8 Å². The molecule has 1 aliphatic heterocycles. The minimum absolute atomic E-state index is 0.279. The van der Waals surface area contributed by atoms with Gasteiger partial charge in [-0.25, -0.2) is 9.59 Å². The average Bonchev–Trinajstić information content (AvgIpc) is 2.82. The number of carbonyl (C=O) groups excluding carboxylic acids is 1. The molecule has 5 nitrogen and oxygen atoms in total. The van der Waals surface area contributed by atoms with E-state index in [9.17, 15) is 14.7 Å². The Kier molecular flexibility index (Phi) is 4.54. The van der Waals surface area contributed by atoms with E-state index in [2.05, 4.69) is 0 Å². The van der Waals surface area contributed by atoms with Crippen LogP contribution in [0.2, 0.25) is 0 Å². The Morgan fingerprint density at radius 3 is 2.45 bits per heavy atom. The molecular formula is C17H21NO4. The molecule has 1 amide bonds. The van der Waals surface area contributed by atoms with Gasteiger partial charge in [0.25, 0.3) is 0 Å². The van der Waals surface area contributed by atoms with Crippen LogP contribution in [0, 0.1) is 0 Å². The van der Waals surface area contributed by atoms with Crippen LogP contribution in [0.1, 0.15) is 32.8 Å². The lowest BCUT2D eigenvalue weighted by Gasteiger charge is -2.26. The van der Waals surface area contributed by atoms with E-state index in [-0.39, 0.29) is 6.54 Å². The summed E-state index contributed by atoms with van der Waals surface area (Å²) in [6.07, 6.45) is 1.67. The van der Waals surface area contributed by atoms with Crippen LogP contribution in [0.5, 0.6) is 0 Å². The second-order valence-electron chi connectivity index (χ2n) is 6.38. The molecule has 0 bridgehead atoms. The normalized spacial score (nSPS) is 20.2. The van der Waals surface area contributed by atoms with Gasteiger partial charge in [-0.05, 0) is 31.9 Å². The average molecular weight is 303 g/mol. The second kappa shape index (κ2) is 6.22. The summed E-state index contributed by atoms with van der Waals surface area (Å²) in [4.78, 5) is 24.9. The largest absolute Gasteiger partial charge is 0.480 e. The highest BCUT2D eigenvalue weighted by atomic mass is 16.6. The van der Waals surface area contributed by atoms with Gasteiger partial charge in [0, 0.05) is 13.0 Å².